The summed E-state index contributed by atoms with van der Waals surface area (Å²) >= 11 is 1.54. The highest BCUT2D eigenvalue weighted by Crippen LogP contribution is 2.34. The van der Waals surface area contributed by atoms with Gasteiger partial charge >= 0.3 is 0 Å². The molecule has 0 saturated carbocycles. The SMILES string of the molecule is O=C(CN1C(=O)CSc2ccccc21)N1CCCN(Cc2ccccc2)CC1. The van der Waals surface area contributed by atoms with Crippen LogP contribution in [0.25, 0.3) is 0 Å². The van der Waals surface area contributed by atoms with Crippen LogP contribution in [-0.2, 0) is 16.1 Å². The summed E-state index contributed by atoms with van der Waals surface area (Å²) in [6.45, 7) is 4.36. The third-order valence-electron chi connectivity index (χ3n) is 5.29. The highest BCUT2D eigenvalue weighted by molar-refractivity contribution is 8.00. The predicted octanol–water partition coefficient (Wildman–Crippen LogP) is 2.86. The molecule has 1 saturated heterocycles. The number of benzene rings is 2. The van der Waals surface area contributed by atoms with Crippen LogP contribution in [0.3, 0.4) is 0 Å². The number of nitrogens with zero attached hydrogens (tertiary/aromatic N) is 3. The summed E-state index contributed by atoms with van der Waals surface area (Å²) in [7, 11) is 0. The molecule has 2 heterocycles. The third kappa shape index (κ3) is 4.39. The first kappa shape index (κ1) is 19.0. The van der Waals surface area contributed by atoms with Gasteiger partial charge in [0.2, 0.25) is 11.8 Å². The van der Waals surface area contributed by atoms with E-state index in [0.29, 0.717) is 12.3 Å². The first-order valence-corrected chi connectivity index (χ1v) is 10.8. The molecule has 0 N–H and O–H groups in total. The fourth-order valence-corrected chi connectivity index (χ4v) is 4.72. The number of hydrogen-bond acceptors (Lipinski definition) is 4. The van der Waals surface area contributed by atoms with Gasteiger partial charge in [-0.05, 0) is 24.1 Å². The van der Waals surface area contributed by atoms with E-state index in [4.69, 9.17) is 0 Å². The van der Waals surface area contributed by atoms with E-state index < -0.39 is 0 Å². The van der Waals surface area contributed by atoms with Crippen LogP contribution in [-0.4, -0.2) is 60.1 Å². The van der Waals surface area contributed by atoms with Crippen molar-refractivity contribution in [2.45, 2.75) is 17.9 Å². The lowest BCUT2D eigenvalue weighted by Crippen LogP contribution is -2.46. The minimum Gasteiger partial charge on any atom is -0.340 e. The number of hydrogen-bond donors (Lipinski definition) is 0. The summed E-state index contributed by atoms with van der Waals surface area (Å²) in [5.74, 6) is 0.448. The number of rotatable bonds is 4. The molecule has 28 heavy (non-hydrogen) atoms. The molecule has 0 aromatic heterocycles. The molecule has 4 rings (SSSR count). The van der Waals surface area contributed by atoms with Gasteiger partial charge in [-0.2, -0.15) is 0 Å². The van der Waals surface area contributed by atoms with Crippen LogP contribution in [0.15, 0.2) is 59.5 Å². The maximum atomic E-state index is 12.9. The van der Waals surface area contributed by atoms with Gasteiger partial charge in [0, 0.05) is 37.6 Å². The second-order valence-electron chi connectivity index (χ2n) is 7.23. The van der Waals surface area contributed by atoms with Crippen molar-refractivity contribution in [2.75, 3.05) is 43.4 Å². The van der Waals surface area contributed by atoms with Crippen LogP contribution < -0.4 is 4.90 Å². The lowest BCUT2D eigenvalue weighted by Gasteiger charge is -2.30. The zero-order valence-corrected chi connectivity index (χ0v) is 16.7. The molecule has 0 spiro atoms. The Labute approximate surface area is 170 Å². The zero-order chi connectivity index (χ0) is 19.3. The maximum Gasteiger partial charge on any atom is 0.242 e. The Morgan fingerprint density at radius 1 is 0.929 bits per heavy atom. The Kier molecular flexibility index (Phi) is 5.98. The van der Waals surface area contributed by atoms with Crippen LogP contribution in [0, 0.1) is 0 Å². The quantitative estimate of drug-likeness (QED) is 0.799. The van der Waals surface area contributed by atoms with Crippen LogP contribution in [0.4, 0.5) is 5.69 Å². The zero-order valence-electron chi connectivity index (χ0n) is 15.9. The lowest BCUT2D eigenvalue weighted by atomic mass is 10.2. The van der Waals surface area contributed by atoms with Gasteiger partial charge in [0.05, 0.1) is 11.4 Å². The molecule has 1 fully saturated rings. The Morgan fingerprint density at radius 2 is 1.71 bits per heavy atom. The highest BCUT2D eigenvalue weighted by Gasteiger charge is 2.28. The minimum atomic E-state index is 0.0116. The number of anilines is 1. The van der Waals surface area contributed by atoms with E-state index in [1.807, 2.05) is 35.2 Å². The first-order valence-electron chi connectivity index (χ1n) is 9.77. The van der Waals surface area contributed by atoms with Gasteiger partial charge in [0.25, 0.3) is 0 Å². The normalized spacial score (nSPS) is 17.9. The smallest absolute Gasteiger partial charge is 0.242 e. The summed E-state index contributed by atoms with van der Waals surface area (Å²) in [5.41, 5.74) is 2.16. The summed E-state index contributed by atoms with van der Waals surface area (Å²) in [6.07, 6.45) is 0.957. The fraction of sp³-hybridized carbons (Fsp3) is 0.364. The van der Waals surface area contributed by atoms with Crippen LogP contribution in [0.5, 0.6) is 0 Å². The molecule has 0 unspecified atom stereocenters. The van der Waals surface area contributed by atoms with Gasteiger partial charge in [-0.25, -0.2) is 0 Å². The second kappa shape index (κ2) is 8.80. The molecule has 6 heteroatoms. The van der Waals surface area contributed by atoms with Gasteiger partial charge in [0.1, 0.15) is 6.54 Å². The topological polar surface area (TPSA) is 43.9 Å². The van der Waals surface area contributed by atoms with E-state index in [0.717, 1.165) is 43.2 Å². The van der Waals surface area contributed by atoms with Crippen LogP contribution >= 0.6 is 11.8 Å². The highest BCUT2D eigenvalue weighted by atomic mass is 32.2. The van der Waals surface area contributed by atoms with Crippen molar-refractivity contribution in [2.24, 2.45) is 0 Å². The van der Waals surface area contributed by atoms with E-state index in [9.17, 15) is 9.59 Å². The lowest BCUT2D eigenvalue weighted by molar-refractivity contribution is -0.131. The molecule has 5 nitrogen and oxygen atoms in total. The summed E-state index contributed by atoms with van der Waals surface area (Å²) in [6, 6.07) is 18.3. The van der Waals surface area contributed by atoms with E-state index in [1.54, 1.807) is 16.7 Å². The number of thioether (sulfide) groups is 1. The molecule has 0 radical (unpaired) electrons. The number of carbonyl (C=O) groups is 2. The predicted molar refractivity (Wildman–Crippen MR) is 112 cm³/mol. The standard InChI is InChI=1S/C22H25N3O2S/c26-21(16-25-19-9-4-5-10-20(19)28-17-22(25)27)24-12-6-11-23(13-14-24)15-18-7-2-1-3-8-18/h1-5,7-10H,6,11-17H2. The number of amides is 2. The van der Waals surface area contributed by atoms with Crippen molar-refractivity contribution in [1.82, 2.24) is 9.80 Å². The van der Waals surface area contributed by atoms with E-state index >= 15 is 0 Å². The average molecular weight is 396 g/mol. The van der Waals surface area contributed by atoms with Gasteiger partial charge in [-0.3, -0.25) is 14.5 Å². The summed E-state index contributed by atoms with van der Waals surface area (Å²) < 4.78 is 0. The molecule has 2 aromatic rings. The molecule has 0 bridgehead atoms. The molecule has 0 aliphatic carbocycles. The number of carbonyl (C=O) groups excluding carboxylic acids is 2. The Morgan fingerprint density at radius 3 is 2.57 bits per heavy atom. The minimum absolute atomic E-state index is 0.0116. The Bertz CT molecular complexity index is 843. The van der Waals surface area contributed by atoms with E-state index in [-0.39, 0.29) is 18.4 Å². The maximum absolute atomic E-state index is 12.9. The molecule has 2 amide bonds. The fourth-order valence-electron chi connectivity index (χ4n) is 3.78. The summed E-state index contributed by atoms with van der Waals surface area (Å²) in [5, 5.41) is 0. The Balaban J connectivity index is 1.37. The molecule has 2 aliphatic rings. The van der Waals surface area contributed by atoms with E-state index in [1.165, 1.54) is 5.56 Å². The molecule has 146 valence electrons. The van der Waals surface area contributed by atoms with Crippen molar-refractivity contribution in [3.05, 3.63) is 60.2 Å². The number of fused-ring (bicyclic) bond motifs is 1. The second-order valence-corrected chi connectivity index (χ2v) is 8.25. The number of para-hydroxylation sites is 1. The molecule has 0 atom stereocenters. The van der Waals surface area contributed by atoms with Crippen molar-refractivity contribution in [3.63, 3.8) is 0 Å². The molecular formula is C22H25N3O2S. The van der Waals surface area contributed by atoms with Gasteiger partial charge in [-0.15, -0.1) is 11.8 Å². The molecular weight excluding hydrogens is 370 g/mol. The van der Waals surface area contributed by atoms with E-state index in [2.05, 4.69) is 29.2 Å². The monoisotopic (exact) mass is 395 g/mol. The van der Waals surface area contributed by atoms with Crippen molar-refractivity contribution >= 4 is 29.3 Å². The third-order valence-corrected chi connectivity index (χ3v) is 6.34. The average Bonchev–Trinajstić information content (AvgIpc) is 2.96. The van der Waals surface area contributed by atoms with Crippen LogP contribution in [0.1, 0.15) is 12.0 Å². The van der Waals surface area contributed by atoms with Gasteiger partial charge in [-0.1, -0.05) is 42.5 Å². The van der Waals surface area contributed by atoms with Gasteiger partial charge < -0.3 is 9.80 Å². The largest absolute Gasteiger partial charge is 0.340 e. The van der Waals surface area contributed by atoms with Crippen molar-refractivity contribution in [1.29, 1.82) is 0 Å². The van der Waals surface area contributed by atoms with Crippen molar-refractivity contribution < 1.29 is 9.59 Å². The van der Waals surface area contributed by atoms with Crippen LogP contribution in [0.2, 0.25) is 0 Å². The van der Waals surface area contributed by atoms with Gasteiger partial charge in [0.15, 0.2) is 0 Å². The first-order chi connectivity index (χ1) is 13.7. The van der Waals surface area contributed by atoms with Crippen molar-refractivity contribution in [3.8, 4) is 0 Å². The molecule has 2 aromatic carbocycles. The Hall–Kier alpha value is -2.31. The molecule has 2 aliphatic heterocycles. The summed E-state index contributed by atoms with van der Waals surface area (Å²) in [4.78, 5) is 32.4.